The highest BCUT2D eigenvalue weighted by molar-refractivity contribution is 5.47. The van der Waals surface area contributed by atoms with Gasteiger partial charge in [-0.1, -0.05) is 31.4 Å². The maximum Gasteiger partial charge on any atom is 0.214 e. The van der Waals surface area contributed by atoms with Crippen molar-refractivity contribution in [2.24, 2.45) is 5.73 Å². The molecule has 0 saturated carbocycles. The Kier molecular flexibility index (Phi) is 4.62. The van der Waals surface area contributed by atoms with Crippen LogP contribution in [0.3, 0.4) is 0 Å². The monoisotopic (exact) mass is 255 g/mol. The second-order valence-electron chi connectivity index (χ2n) is 4.13. The number of nitriles is 1. The predicted molar refractivity (Wildman–Crippen MR) is 75.5 cm³/mol. The van der Waals surface area contributed by atoms with Crippen LogP contribution in [0.5, 0.6) is 5.88 Å². The van der Waals surface area contributed by atoms with Gasteiger partial charge in [0.2, 0.25) is 5.88 Å². The first-order valence-electron chi connectivity index (χ1n) is 5.71. The fourth-order valence-corrected chi connectivity index (χ4v) is 1.79. The summed E-state index contributed by atoms with van der Waals surface area (Å²) < 4.78 is 5.00. The molecule has 1 aromatic heterocycles. The van der Waals surface area contributed by atoms with E-state index in [0.717, 1.165) is 5.57 Å². The number of nitrogens with two attached hydrogens (primary N) is 1. The molecular formula is C15H17N3O. The van der Waals surface area contributed by atoms with Gasteiger partial charge in [-0.15, -0.1) is 0 Å². The zero-order valence-electron chi connectivity index (χ0n) is 11.2. The lowest BCUT2D eigenvalue weighted by Gasteiger charge is -2.27. The number of rotatable bonds is 5. The van der Waals surface area contributed by atoms with E-state index >= 15 is 0 Å². The first kappa shape index (κ1) is 14.7. The molecule has 19 heavy (non-hydrogen) atoms. The van der Waals surface area contributed by atoms with Crippen LogP contribution in [-0.2, 0) is 5.54 Å². The fourth-order valence-electron chi connectivity index (χ4n) is 1.79. The number of hydrogen-bond acceptors (Lipinski definition) is 4. The Morgan fingerprint density at radius 3 is 2.68 bits per heavy atom. The molecule has 1 atom stereocenters. The predicted octanol–water partition coefficient (Wildman–Crippen LogP) is 2.43. The molecular weight excluding hydrogens is 238 g/mol. The third-order valence-corrected chi connectivity index (χ3v) is 2.86. The van der Waals surface area contributed by atoms with E-state index in [1.54, 1.807) is 37.3 Å². The molecule has 0 aliphatic rings. The summed E-state index contributed by atoms with van der Waals surface area (Å²) in [6.45, 7) is 9.18. The minimum atomic E-state index is -0.875. The average Bonchev–Trinajstić information content (AvgIpc) is 2.43. The van der Waals surface area contributed by atoms with Gasteiger partial charge in [0.1, 0.15) is 11.8 Å². The lowest BCUT2D eigenvalue weighted by molar-refractivity contribution is 0.396. The highest BCUT2D eigenvalue weighted by atomic mass is 16.5. The maximum absolute atomic E-state index is 9.20. The summed E-state index contributed by atoms with van der Waals surface area (Å²) in [5.41, 5.74) is 7.06. The van der Waals surface area contributed by atoms with Crippen molar-refractivity contribution in [2.45, 2.75) is 12.5 Å². The Morgan fingerprint density at radius 2 is 2.21 bits per heavy atom. The zero-order valence-corrected chi connectivity index (χ0v) is 11.2. The molecule has 0 fully saturated rings. The Balaban J connectivity index is 3.44. The molecule has 1 rings (SSSR count). The molecule has 2 N–H and O–H groups in total. The highest BCUT2D eigenvalue weighted by Gasteiger charge is 2.28. The summed E-state index contributed by atoms with van der Waals surface area (Å²) in [5.74, 6) is 0.379. The van der Waals surface area contributed by atoms with Crippen LogP contribution in [0.1, 0.15) is 18.2 Å². The van der Waals surface area contributed by atoms with Gasteiger partial charge >= 0.3 is 0 Å². The normalized spacial score (nSPS) is 14.1. The van der Waals surface area contributed by atoms with Crippen LogP contribution < -0.4 is 10.5 Å². The lowest BCUT2D eigenvalue weighted by Crippen LogP contribution is -2.35. The largest absolute Gasteiger partial charge is 0.481 e. The molecule has 0 aliphatic heterocycles. The van der Waals surface area contributed by atoms with Crippen LogP contribution in [0.25, 0.3) is 0 Å². The van der Waals surface area contributed by atoms with Crippen LogP contribution in [0.2, 0.25) is 0 Å². The fraction of sp³-hybridized carbons (Fsp3) is 0.200. The molecule has 0 aliphatic carbocycles. The van der Waals surface area contributed by atoms with Gasteiger partial charge < -0.3 is 10.5 Å². The number of methoxy groups -OCH3 is 1. The van der Waals surface area contributed by atoms with E-state index < -0.39 is 5.54 Å². The van der Waals surface area contributed by atoms with Crippen molar-refractivity contribution in [1.29, 1.82) is 5.26 Å². The summed E-state index contributed by atoms with van der Waals surface area (Å²) in [4.78, 5) is 4.10. The number of allylic oxidation sites excluding steroid dienone is 2. The third kappa shape index (κ3) is 2.90. The Labute approximate surface area is 113 Å². The molecule has 1 heterocycles. The number of aromatic nitrogens is 1. The Bertz CT molecular complexity index is 565. The maximum atomic E-state index is 9.20. The van der Waals surface area contributed by atoms with Crippen molar-refractivity contribution in [3.63, 3.8) is 0 Å². The van der Waals surface area contributed by atoms with E-state index in [-0.39, 0.29) is 5.69 Å². The van der Waals surface area contributed by atoms with E-state index in [4.69, 9.17) is 10.5 Å². The highest BCUT2D eigenvalue weighted by Crippen LogP contribution is 2.30. The third-order valence-electron chi connectivity index (χ3n) is 2.86. The molecule has 0 amide bonds. The van der Waals surface area contributed by atoms with Gasteiger partial charge in [0.25, 0.3) is 0 Å². The molecule has 1 aromatic rings. The smallest absolute Gasteiger partial charge is 0.214 e. The summed E-state index contributed by atoms with van der Waals surface area (Å²) >= 11 is 0. The van der Waals surface area contributed by atoms with Crippen LogP contribution >= 0.6 is 0 Å². The van der Waals surface area contributed by atoms with E-state index in [1.807, 2.05) is 6.07 Å². The minimum absolute atomic E-state index is 0.237. The van der Waals surface area contributed by atoms with Crippen LogP contribution in [0.15, 0.2) is 49.1 Å². The molecule has 0 radical (unpaired) electrons. The van der Waals surface area contributed by atoms with Crippen LogP contribution in [0, 0.1) is 11.3 Å². The van der Waals surface area contributed by atoms with E-state index in [2.05, 4.69) is 18.1 Å². The van der Waals surface area contributed by atoms with Crippen molar-refractivity contribution in [3.05, 3.63) is 60.3 Å². The van der Waals surface area contributed by atoms with Gasteiger partial charge in [0.15, 0.2) is 0 Å². The molecule has 4 nitrogen and oxygen atoms in total. The van der Waals surface area contributed by atoms with Crippen LogP contribution in [-0.4, -0.2) is 12.1 Å². The molecule has 98 valence electrons. The topological polar surface area (TPSA) is 71.9 Å². The molecule has 1 unspecified atom stereocenters. The second kappa shape index (κ2) is 5.98. The number of nitrogens with zero attached hydrogens (tertiary/aromatic N) is 2. The van der Waals surface area contributed by atoms with Gasteiger partial charge in [-0.2, -0.15) is 5.26 Å². The summed E-state index contributed by atoms with van der Waals surface area (Å²) in [6.07, 6.45) is 5.04. The number of ether oxygens (including phenoxy) is 1. The first-order valence-corrected chi connectivity index (χ1v) is 5.71. The van der Waals surface area contributed by atoms with Crippen molar-refractivity contribution >= 4 is 0 Å². The van der Waals surface area contributed by atoms with Gasteiger partial charge in [-0.25, -0.2) is 4.98 Å². The number of pyridine rings is 1. The molecule has 0 bridgehead atoms. The second-order valence-corrected chi connectivity index (χ2v) is 4.13. The van der Waals surface area contributed by atoms with Crippen molar-refractivity contribution in [2.75, 3.05) is 7.11 Å². The van der Waals surface area contributed by atoms with Crippen molar-refractivity contribution in [1.82, 2.24) is 4.98 Å². The van der Waals surface area contributed by atoms with Gasteiger partial charge in [0.05, 0.1) is 12.6 Å². The number of hydrogen-bond donors (Lipinski definition) is 1. The quantitative estimate of drug-likeness (QED) is 0.820. The molecule has 4 heteroatoms. The average molecular weight is 255 g/mol. The Hall–Kier alpha value is -2.38. The summed E-state index contributed by atoms with van der Waals surface area (Å²) in [6, 6.07) is 5.46. The summed E-state index contributed by atoms with van der Waals surface area (Å²) in [7, 11) is 1.50. The minimum Gasteiger partial charge on any atom is -0.481 e. The van der Waals surface area contributed by atoms with Crippen molar-refractivity contribution in [3.8, 4) is 11.9 Å². The Morgan fingerprint density at radius 1 is 1.53 bits per heavy atom. The zero-order chi connectivity index (χ0) is 14.5. The van der Waals surface area contributed by atoms with Crippen molar-refractivity contribution < 1.29 is 4.74 Å². The van der Waals surface area contributed by atoms with E-state index in [1.165, 1.54) is 7.11 Å². The lowest BCUT2D eigenvalue weighted by atomic mass is 9.84. The molecule has 0 spiro atoms. The van der Waals surface area contributed by atoms with Crippen LogP contribution in [0.4, 0.5) is 0 Å². The standard InChI is InChI=1S/C15H17N3O/c1-5-7-11(6-2)15(3,17)12-8-9-14(19-4)18-13(12)10-16/h5-9H,1-2,17H2,3-4H3/b11-7+. The van der Waals surface area contributed by atoms with Gasteiger partial charge in [-0.05, 0) is 18.6 Å². The molecule has 0 aromatic carbocycles. The SMILES string of the molecule is C=C/C=C(\C=C)C(C)(N)c1ccc(OC)nc1C#N. The first-order chi connectivity index (χ1) is 9.01. The van der Waals surface area contributed by atoms with E-state index in [9.17, 15) is 5.26 Å². The van der Waals surface area contributed by atoms with Gasteiger partial charge in [0, 0.05) is 11.6 Å². The van der Waals surface area contributed by atoms with E-state index in [0.29, 0.717) is 11.4 Å². The summed E-state index contributed by atoms with van der Waals surface area (Å²) in [5, 5.41) is 9.20. The van der Waals surface area contributed by atoms with Gasteiger partial charge in [-0.3, -0.25) is 0 Å². The molecule has 0 saturated heterocycles.